The van der Waals surface area contributed by atoms with E-state index in [4.69, 9.17) is 9.47 Å². The van der Waals surface area contributed by atoms with E-state index in [9.17, 15) is 10.2 Å². The van der Waals surface area contributed by atoms with Gasteiger partial charge in [0.25, 0.3) is 0 Å². The van der Waals surface area contributed by atoms with Crippen LogP contribution in [-0.4, -0.2) is 41.4 Å². The number of hydrogen-bond acceptors (Lipinski definition) is 4. The second-order valence-electron chi connectivity index (χ2n) is 8.50. The van der Waals surface area contributed by atoms with Crippen LogP contribution in [0.2, 0.25) is 0 Å². The molecule has 1 fully saturated rings. The van der Waals surface area contributed by atoms with Crippen molar-refractivity contribution in [1.29, 1.82) is 0 Å². The number of rotatable bonds is 10. The Kier molecular flexibility index (Phi) is 7.84. The molecule has 0 aliphatic carbocycles. The van der Waals surface area contributed by atoms with Crippen molar-refractivity contribution >= 4 is 0 Å². The maximum atomic E-state index is 10.1. The summed E-state index contributed by atoms with van der Waals surface area (Å²) < 4.78 is 12.5. The van der Waals surface area contributed by atoms with Gasteiger partial charge in [-0.2, -0.15) is 0 Å². The highest BCUT2D eigenvalue weighted by atomic mass is 16.8. The Morgan fingerprint density at radius 2 is 1.10 bits per heavy atom. The summed E-state index contributed by atoms with van der Waals surface area (Å²) in [6, 6.07) is 20.6. The van der Waals surface area contributed by atoms with Crippen LogP contribution in [0.1, 0.15) is 37.8 Å². The van der Waals surface area contributed by atoms with E-state index in [0.29, 0.717) is 0 Å². The summed E-state index contributed by atoms with van der Waals surface area (Å²) in [5, 5.41) is 20.2. The first-order chi connectivity index (χ1) is 14.0. The molecule has 1 aliphatic heterocycles. The molecule has 2 aromatic carbocycles. The third-order valence-corrected chi connectivity index (χ3v) is 5.86. The van der Waals surface area contributed by atoms with Crippen LogP contribution >= 0.6 is 0 Å². The average Bonchev–Trinajstić information content (AvgIpc) is 3.06. The molecule has 1 aliphatic rings. The Morgan fingerprint density at radius 3 is 1.45 bits per heavy atom. The van der Waals surface area contributed by atoms with Crippen LogP contribution in [0.15, 0.2) is 60.7 Å². The van der Waals surface area contributed by atoms with Crippen molar-refractivity contribution in [3.63, 3.8) is 0 Å². The molecule has 0 amide bonds. The summed E-state index contributed by atoms with van der Waals surface area (Å²) >= 11 is 0. The highest BCUT2D eigenvalue weighted by Gasteiger charge is 2.47. The third kappa shape index (κ3) is 6.13. The molecule has 29 heavy (non-hydrogen) atoms. The molecule has 2 unspecified atom stereocenters. The summed E-state index contributed by atoms with van der Waals surface area (Å²) in [7, 11) is 0. The standard InChI is InChI=1S/C25H34O4/c1-25(2)28-23(21(17-26)15-13-19-9-5-3-6-10-19)24(29-25)22(18-27)16-14-20-11-7-4-8-12-20/h3-12,21-24,26-27H,13-18H2,1-2H3/t21-,22+,23?,24?. The Labute approximate surface area is 174 Å². The van der Waals surface area contributed by atoms with Gasteiger partial charge in [0.1, 0.15) is 0 Å². The lowest BCUT2D eigenvalue weighted by Crippen LogP contribution is -2.40. The predicted molar refractivity (Wildman–Crippen MR) is 115 cm³/mol. The normalized spacial score (nSPS) is 23.0. The molecule has 3 rings (SSSR count). The van der Waals surface area contributed by atoms with Gasteiger partial charge in [-0.05, 0) is 50.7 Å². The van der Waals surface area contributed by atoms with E-state index in [2.05, 4.69) is 24.3 Å². The minimum absolute atomic E-state index is 0.0345. The topological polar surface area (TPSA) is 58.9 Å². The molecule has 1 saturated heterocycles. The maximum absolute atomic E-state index is 10.1. The largest absolute Gasteiger partial charge is 0.396 e. The van der Waals surface area contributed by atoms with E-state index in [-0.39, 0.29) is 37.3 Å². The fourth-order valence-corrected chi connectivity index (χ4v) is 4.26. The van der Waals surface area contributed by atoms with Crippen LogP contribution in [0.5, 0.6) is 0 Å². The van der Waals surface area contributed by atoms with E-state index in [1.807, 2.05) is 50.2 Å². The SMILES string of the molecule is CC1(C)OC([C@H](CO)CCc2ccccc2)C([C@@H](CO)CCc2ccccc2)O1. The van der Waals surface area contributed by atoms with Crippen molar-refractivity contribution in [1.82, 2.24) is 0 Å². The molecule has 0 spiro atoms. The summed E-state index contributed by atoms with van der Waals surface area (Å²) in [5.41, 5.74) is 2.51. The van der Waals surface area contributed by atoms with Crippen molar-refractivity contribution in [3.05, 3.63) is 71.8 Å². The molecule has 0 bridgehead atoms. The molecule has 2 aromatic rings. The van der Waals surface area contributed by atoms with Gasteiger partial charge in [0.15, 0.2) is 5.79 Å². The first-order valence-electron chi connectivity index (χ1n) is 10.7. The lowest BCUT2D eigenvalue weighted by Gasteiger charge is -2.29. The third-order valence-electron chi connectivity index (χ3n) is 5.86. The number of aliphatic hydroxyl groups excluding tert-OH is 2. The fraction of sp³-hybridized carbons (Fsp3) is 0.520. The van der Waals surface area contributed by atoms with Crippen molar-refractivity contribution in [2.24, 2.45) is 11.8 Å². The molecule has 1 heterocycles. The first-order valence-corrected chi connectivity index (χ1v) is 10.7. The zero-order chi connectivity index (χ0) is 20.7. The van der Waals surface area contributed by atoms with Gasteiger partial charge in [0.2, 0.25) is 0 Å². The molecule has 0 saturated carbocycles. The minimum Gasteiger partial charge on any atom is -0.396 e. The van der Waals surface area contributed by atoms with Crippen molar-refractivity contribution in [2.45, 2.75) is 57.5 Å². The molecule has 2 N–H and O–H groups in total. The van der Waals surface area contributed by atoms with Gasteiger partial charge in [0.05, 0.1) is 12.2 Å². The van der Waals surface area contributed by atoms with Crippen LogP contribution in [-0.2, 0) is 22.3 Å². The fourth-order valence-electron chi connectivity index (χ4n) is 4.26. The van der Waals surface area contributed by atoms with Gasteiger partial charge in [-0.3, -0.25) is 0 Å². The predicted octanol–water partition coefficient (Wildman–Crippen LogP) is 3.99. The van der Waals surface area contributed by atoms with Crippen molar-refractivity contribution in [2.75, 3.05) is 13.2 Å². The number of benzene rings is 2. The number of ether oxygens (including phenoxy) is 2. The lowest BCUT2D eigenvalue weighted by atomic mass is 9.84. The van der Waals surface area contributed by atoms with Crippen molar-refractivity contribution < 1.29 is 19.7 Å². The van der Waals surface area contributed by atoms with Crippen LogP contribution in [0.3, 0.4) is 0 Å². The maximum Gasteiger partial charge on any atom is 0.163 e. The summed E-state index contributed by atoms with van der Waals surface area (Å²) in [5.74, 6) is -0.782. The smallest absolute Gasteiger partial charge is 0.163 e. The first kappa shape index (κ1) is 22.0. The molecule has 4 atom stereocenters. The molecular formula is C25H34O4. The average molecular weight is 399 g/mol. The van der Waals surface area contributed by atoms with Crippen LogP contribution < -0.4 is 0 Å². The second-order valence-corrected chi connectivity index (χ2v) is 8.50. The summed E-state index contributed by atoms with van der Waals surface area (Å²) in [6.07, 6.45) is 2.94. The van der Waals surface area contributed by atoms with Gasteiger partial charge in [-0.25, -0.2) is 0 Å². The zero-order valence-corrected chi connectivity index (χ0v) is 17.5. The van der Waals surface area contributed by atoms with E-state index in [0.717, 1.165) is 25.7 Å². The Hall–Kier alpha value is -1.72. The quantitative estimate of drug-likeness (QED) is 0.635. The Morgan fingerprint density at radius 1 is 0.724 bits per heavy atom. The van der Waals surface area contributed by atoms with E-state index >= 15 is 0 Å². The van der Waals surface area contributed by atoms with Gasteiger partial charge in [-0.15, -0.1) is 0 Å². The highest BCUT2D eigenvalue weighted by molar-refractivity contribution is 5.15. The molecule has 4 heteroatoms. The molecule has 4 nitrogen and oxygen atoms in total. The summed E-state index contributed by atoms with van der Waals surface area (Å²) in [4.78, 5) is 0. The number of aryl methyl sites for hydroxylation is 2. The monoisotopic (exact) mass is 398 g/mol. The molecule has 0 radical (unpaired) electrons. The lowest BCUT2D eigenvalue weighted by molar-refractivity contribution is -0.156. The molecular weight excluding hydrogens is 364 g/mol. The zero-order valence-electron chi connectivity index (χ0n) is 17.5. The van der Waals surface area contributed by atoms with Crippen LogP contribution in [0.4, 0.5) is 0 Å². The van der Waals surface area contributed by atoms with Gasteiger partial charge in [-0.1, -0.05) is 60.7 Å². The minimum atomic E-state index is -0.713. The van der Waals surface area contributed by atoms with Gasteiger partial charge in [0, 0.05) is 25.0 Å². The Bertz CT molecular complexity index is 655. The van der Waals surface area contributed by atoms with E-state index < -0.39 is 5.79 Å². The van der Waals surface area contributed by atoms with E-state index in [1.54, 1.807) is 0 Å². The van der Waals surface area contributed by atoms with Crippen molar-refractivity contribution in [3.8, 4) is 0 Å². The molecule has 158 valence electrons. The molecule has 0 aromatic heterocycles. The summed E-state index contributed by atoms with van der Waals surface area (Å²) in [6.45, 7) is 3.92. The van der Waals surface area contributed by atoms with Gasteiger partial charge >= 0.3 is 0 Å². The van der Waals surface area contributed by atoms with E-state index in [1.165, 1.54) is 11.1 Å². The highest BCUT2D eigenvalue weighted by Crippen LogP contribution is 2.38. The van der Waals surface area contributed by atoms with Crippen LogP contribution in [0, 0.1) is 11.8 Å². The van der Waals surface area contributed by atoms with Gasteiger partial charge < -0.3 is 19.7 Å². The van der Waals surface area contributed by atoms with Crippen LogP contribution in [0.25, 0.3) is 0 Å². The second kappa shape index (κ2) is 10.4. The Balaban J connectivity index is 1.68. The number of hydrogen-bond donors (Lipinski definition) is 2. The number of aliphatic hydroxyl groups is 2.